The Balaban J connectivity index is 1.83. The Morgan fingerprint density at radius 1 is 1.26 bits per heavy atom. The molecule has 1 saturated heterocycles. The van der Waals surface area contributed by atoms with Crippen LogP contribution in [0.2, 0.25) is 0 Å². The molecule has 19 heavy (non-hydrogen) atoms. The number of hydrogen-bond donors (Lipinski definition) is 2. The minimum absolute atomic E-state index is 0.0548. The summed E-state index contributed by atoms with van der Waals surface area (Å²) < 4.78 is 31.8. The fourth-order valence-electron chi connectivity index (χ4n) is 1.95. The first-order chi connectivity index (χ1) is 9.16. The smallest absolute Gasteiger partial charge is 0.315 e. The van der Waals surface area contributed by atoms with Crippen molar-refractivity contribution in [3.63, 3.8) is 0 Å². The number of benzene rings is 1. The molecule has 104 valence electrons. The van der Waals surface area contributed by atoms with Crippen LogP contribution in [0.4, 0.5) is 13.6 Å². The van der Waals surface area contributed by atoms with E-state index in [4.69, 9.17) is 4.74 Å². The van der Waals surface area contributed by atoms with Gasteiger partial charge in [0.15, 0.2) is 0 Å². The summed E-state index contributed by atoms with van der Waals surface area (Å²) in [6.45, 7) is 1.06. The van der Waals surface area contributed by atoms with Crippen LogP contribution in [0, 0.1) is 11.6 Å². The van der Waals surface area contributed by atoms with Crippen LogP contribution in [0.1, 0.15) is 18.4 Å². The number of amides is 2. The molecular weight excluding hydrogens is 254 g/mol. The molecule has 4 nitrogen and oxygen atoms in total. The Morgan fingerprint density at radius 3 is 2.53 bits per heavy atom. The van der Waals surface area contributed by atoms with Crippen LogP contribution < -0.4 is 10.6 Å². The van der Waals surface area contributed by atoms with Crippen LogP contribution in [0.15, 0.2) is 18.2 Å². The van der Waals surface area contributed by atoms with Gasteiger partial charge < -0.3 is 15.4 Å². The van der Waals surface area contributed by atoms with Gasteiger partial charge in [0.25, 0.3) is 0 Å². The predicted octanol–water partition coefficient (Wildman–Crippen LogP) is 1.94. The lowest BCUT2D eigenvalue weighted by atomic mass is 10.1. The largest absolute Gasteiger partial charge is 0.381 e. The number of carbonyl (C=O) groups excluding carboxylic acids is 1. The van der Waals surface area contributed by atoms with Gasteiger partial charge in [-0.05, 0) is 25.0 Å². The molecule has 2 amide bonds. The predicted molar refractivity (Wildman–Crippen MR) is 65.6 cm³/mol. The summed E-state index contributed by atoms with van der Waals surface area (Å²) in [5.41, 5.74) is -0.135. The average Bonchev–Trinajstić information content (AvgIpc) is 2.39. The van der Waals surface area contributed by atoms with E-state index in [0.29, 0.717) is 13.2 Å². The van der Waals surface area contributed by atoms with Gasteiger partial charge in [0.1, 0.15) is 11.6 Å². The van der Waals surface area contributed by atoms with Gasteiger partial charge >= 0.3 is 6.03 Å². The van der Waals surface area contributed by atoms with E-state index < -0.39 is 17.7 Å². The minimum Gasteiger partial charge on any atom is -0.381 e. The van der Waals surface area contributed by atoms with Gasteiger partial charge in [-0.15, -0.1) is 0 Å². The van der Waals surface area contributed by atoms with Crippen LogP contribution in [0.25, 0.3) is 0 Å². The van der Waals surface area contributed by atoms with E-state index in [1.54, 1.807) is 0 Å². The molecule has 0 saturated carbocycles. The van der Waals surface area contributed by atoms with Crippen molar-refractivity contribution >= 4 is 6.03 Å². The van der Waals surface area contributed by atoms with E-state index in [9.17, 15) is 13.6 Å². The Hall–Kier alpha value is -1.69. The highest BCUT2D eigenvalue weighted by Crippen LogP contribution is 2.11. The second kappa shape index (κ2) is 6.47. The molecule has 2 N–H and O–H groups in total. The van der Waals surface area contributed by atoms with Crippen molar-refractivity contribution in [3.05, 3.63) is 35.4 Å². The third-order valence-corrected chi connectivity index (χ3v) is 3.04. The topological polar surface area (TPSA) is 50.4 Å². The monoisotopic (exact) mass is 270 g/mol. The van der Waals surface area contributed by atoms with Gasteiger partial charge in [-0.25, -0.2) is 13.6 Å². The molecule has 1 heterocycles. The quantitative estimate of drug-likeness (QED) is 0.882. The lowest BCUT2D eigenvalue weighted by molar-refractivity contribution is 0.0800. The molecule has 1 aromatic carbocycles. The van der Waals surface area contributed by atoms with Gasteiger partial charge in [0.05, 0.1) is 6.54 Å². The van der Waals surface area contributed by atoms with Crippen molar-refractivity contribution in [1.29, 1.82) is 0 Å². The van der Waals surface area contributed by atoms with Crippen molar-refractivity contribution in [1.82, 2.24) is 10.6 Å². The number of nitrogens with one attached hydrogen (secondary N) is 2. The first-order valence-corrected chi connectivity index (χ1v) is 6.22. The normalized spacial score (nSPS) is 16.1. The highest BCUT2D eigenvalue weighted by molar-refractivity contribution is 5.74. The summed E-state index contributed by atoms with van der Waals surface area (Å²) in [6, 6.07) is 3.25. The first kappa shape index (κ1) is 13.7. The van der Waals surface area contributed by atoms with E-state index >= 15 is 0 Å². The lowest BCUT2D eigenvalue weighted by Crippen LogP contribution is -2.44. The number of halogens is 2. The molecule has 1 aliphatic heterocycles. The van der Waals surface area contributed by atoms with Crippen molar-refractivity contribution in [2.75, 3.05) is 13.2 Å². The van der Waals surface area contributed by atoms with Gasteiger partial charge in [0.2, 0.25) is 0 Å². The van der Waals surface area contributed by atoms with E-state index in [-0.39, 0.29) is 18.2 Å². The van der Waals surface area contributed by atoms with E-state index in [1.807, 2.05) is 0 Å². The SMILES string of the molecule is O=C(NCc1c(F)cccc1F)NC1CCOCC1. The highest BCUT2D eigenvalue weighted by atomic mass is 19.1. The number of hydrogen-bond acceptors (Lipinski definition) is 2. The number of rotatable bonds is 3. The van der Waals surface area contributed by atoms with Gasteiger partial charge in [-0.1, -0.05) is 6.07 Å². The maximum absolute atomic E-state index is 13.3. The molecule has 6 heteroatoms. The lowest BCUT2D eigenvalue weighted by Gasteiger charge is -2.23. The van der Waals surface area contributed by atoms with Crippen LogP contribution >= 0.6 is 0 Å². The standard InChI is InChI=1S/C13H16F2N2O2/c14-11-2-1-3-12(15)10(11)8-16-13(18)17-9-4-6-19-7-5-9/h1-3,9H,4-8H2,(H2,16,17,18). The van der Waals surface area contributed by atoms with Crippen molar-refractivity contribution in [2.24, 2.45) is 0 Å². The van der Waals surface area contributed by atoms with Crippen LogP contribution in [0.3, 0.4) is 0 Å². The molecule has 0 bridgehead atoms. The Bertz CT molecular complexity index is 428. The minimum atomic E-state index is -0.661. The zero-order valence-electron chi connectivity index (χ0n) is 10.4. The zero-order chi connectivity index (χ0) is 13.7. The molecule has 1 aromatic rings. The van der Waals surface area contributed by atoms with E-state index in [2.05, 4.69) is 10.6 Å². The molecular formula is C13H16F2N2O2. The molecule has 0 unspecified atom stereocenters. The molecule has 0 aromatic heterocycles. The number of carbonyl (C=O) groups is 1. The zero-order valence-corrected chi connectivity index (χ0v) is 10.4. The first-order valence-electron chi connectivity index (χ1n) is 6.22. The van der Waals surface area contributed by atoms with Crippen LogP contribution in [-0.2, 0) is 11.3 Å². The summed E-state index contributed by atoms with van der Waals surface area (Å²) >= 11 is 0. The third-order valence-electron chi connectivity index (χ3n) is 3.04. The van der Waals surface area contributed by atoms with E-state index in [0.717, 1.165) is 25.0 Å². The fourth-order valence-corrected chi connectivity index (χ4v) is 1.95. The molecule has 1 fully saturated rings. The summed E-state index contributed by atoms with van der Waals surface area (Å²) in [5.74, 6) is -1.32. The third kappa shape index (κ3) is 3.89. The molecule has 2 rings (SSSR count). The summed E-state index contributed by atoms with van der Waals surface area (Å²) in [5, 5.41) is 5.21. The fraction of sp³-hybridized carbons (Fsp3) is 0.462. The maximum Gasteiger partial charge on any atom is 0.315 e. The molecule has 0 spiro atoms. The van der Waals surface area contributed by atoms with Crippen LogP contribution in [-0.4, -0.2) is 25.3 Å². The Kier molecular flexibility index (Phi) is 4.68. The maximum atomic E-state index is 13.3. The van der Waals surface area contributed by atoms with Gasteiger partial charge in [0, 0.05) is 24.8 Å². The summed E-state index contributed by atoms with van der Waals surface area (Å²) in [7, 11) is 0. The van der Waals surface area contributed by atoms with Crippen molar-refractivity contribution in [3.8, 4) is 0 Å². The van der Waals surface area contributed by atoms with E-state index in [1.165, 1.54) is 6.07 Å². The molecule has 1 aliphatic rings. The Morgan fingerprint density at radius 2 is 1.89 bits per heavy atom. The van der Waals surface area contributed by atoms with Crippen molar-refractivity contribution in [2.45, 2.75) is 25.4 Å². The molecule has 0 aliphatic carbocycles. The number of urea groups is 1. The highest BCUT2D eigenvalue weighted by Gasteiger charge is 2.16. The molecule has 0 radical (unpaired) electrons. The Labute approximate surface area is 110 Å². The molecule has 0 atom stereocenters. The van der Waals surface area contributed by atoms with Crippen LogP contribution in [0.5, 0.6) is 0 Å². The van der Waals surface area contributed by atoms with Gasteiger partial charge in [-0.2, -0.15) is 0 Å². The second-order valence-corrected chi connectivity index (χ2v) is 4.41. The van der Waals surface area contributed by atoms with Gasteiger partial charge in [-0.3, -0.25) is 0 Å². The second-order valence-electron chi connectivity index (χ2n) is 4.41. The average molecular weight is 270 g/mol. The van der Waals surface area contributed by atoms with Crippen molar-refractivity contribution < 1.29 is 18.3 Å². The summed E-state index contributed by atoms with van der Waals surface area (Å²) in [6.07, 6.45) is 1.50. The summed E-state index contributed by atoms with van der Waals surface area (Å²) in [4.78, 5) is 11.6. The number of ether oxygens (including phenoxy) is 1.